The third-order valence-electron chi connectivity index (χ3n) is 1.38. The SMILES string of the molecule is S=c1[nH]ncn1-c1cncnc1. The third kappa shape index (κ3) is 1.12. The fourth-order valence-corrected chi connectivity index (χ4v) is 1.05. The van der Waals surface area contributed by atoms with Gasteiger partial charge in [-0.05, 0) is 12.2 Å². The molecule has 0 radical (unpaired) electrons. The van der Waals surface area contributed by atoms with Crippen LogP contribution in [0.2, 0.25) is 0 Å². The summed E-state index contributed by atoms with van der Waals surface area (Å²) in [6, 6.07) is 0. The maximum atomic E-state index is 4.96. The second-order valence-corrected chi connectivity index (χ2v) is 2.51. The molecule has 12 heavy (non-hydrogen) atoms. The van der Waals surface area contributed by atoms with Crippen molar-refractivity contribution in [1.29, 1.82) is 0 Å². The Labute approximate surface area is 73.1 Å². The van der Waals surface area contributed by atoms with Gasteiger partial charge < -0.3 is 0 Å². The normalized spacial score (nSPS) is 10.0. The lowest BCUT2D eigenvalue weighted by Gasteiger charge is -1.96. The molecule has 0 unspecified atom stereocenters. The summed E-state index contributed by atoms with van der Waals surface area (Å²) in [7, 11) is 0. The molecule has 2 aromatic heterocycles. The summed E-state index contributed by atoms with van der Waals surface area (Å²) in [5.41, 5.74) is 0.802. The van der Waals surface area contributed by atoms with Gasteiger partial charge in [-0.2, -0.15) is 5.10 Å². The molecule has 2 rings (SSSR count). The largest absolute Gasteiger partial charge is 0.272 e. The number of rotatable bonds is 1. The lowest BCUT2D eigenvalue weighted by Crippen LogP contribution is -1.93. The van der Waals surface area contributed by atoms with E-state index in [1.54, 1.807) is 23.3 Å². The van der Waals surface area contributed by atoms with E-state index < -0.39 is 0 Å². The highest BCUT2D eigenvalue weighted by Gasteiger charge is 1.96. The van der Waals surface area contributed by atoms with Gasteiger partial charge >= 0.3 is 0 Å². The lowest BCUT2D eigenvalue weighted by molar-refractivity contribution is 0.989. The summed E-state index contributed by atoms with van der Waals surface area (Å²) < 4.78 is 2.22. The minimum Gasteiger partial charge on any atom is -0.272 e. The Balaban J connectivity index is 2.59. The van der Waals surface area contributed by atoms with Crippen molar-refractivity contribution in [2.45, 2.75) is 0 Å². The zero-order valence-electron chi connectivity index (χ0n) is 6.01. The Bertz CT molecular complexity index is 417. The van der Waals surface area contributed by atoms with Crippen LogP contribution >= 0.6 is 12.2 Å². The number of H-pyrrole nitrogens is 1. The molecule has 0 saturated carbocycles. The zero-order valence-corrected chi connectivity index (χ0v) is 6.82. The molecule has 0 aliphatic heterocycles. The molecular weight excluding hydrogens is 174 g/mol. The molecule has 0 aromatic carbocycles. The van der Waals surface area contributed by atoms with Gasteiger partial charge in [-0.1, -0.05) is 0 Å². The maximum Gasteiger partial charge on any atom is 0.199 e. The van der Waals surface area contributed by atoms with Gasteiger partial charge in [0, 0.05) is 0 Å². The van der Waals surface area contributed by atoms with Crippen LogP contribution in [0.4, 0.5) is 0 Å². The minimum absolute atomic E-state index is 0.532. The van der Waals surface area contributed by atoms with E-state index in [9.17, 15) is 0 Å². The Kier molecular flexibility index (Phi) is 1.67. The molecule has 2 aromatic rings. The van der Waals surface area contributed by atoms with Gasteiger partial charge in [-0.15, -0.1) is 0 Å². The Morgan fingerprint density at radius 3 is 2.67 bits per heavy atom. The molecule has 60 valence electrons. The molecule has 6 heteroatoms. The van der Waals surface area contributed by atoms with Gasteiger partial charge in [-0.3, -0.25) is 9.67 Å². The highest BCUT2D eigenvalue weighted by Crippen LogP contribution is 2.01. The second-order valence-electron chi connectivity index (χ2n) is 2.13. The first-order valence-corrected chi connectivity index (χ1v) is 3.66. The predicted octanol–water partition coefficient (Wildman–Crippen LogP) is 0.720. The molecule has 5 nitrogen and oxygen atoms in total. The van der Waals surface area contributed by atoms with Crippen molar-refractivity contribution < 1.29 is 0 Å². The maximum absolute atomic E-state index is 4.96. The predicted molar refractivity (Wildman–Crippen MR) is 44.3 cm³/mol. The molecule has 0 amide bonds. The zero-order chi connectivity index (χ0) is 8.39. The topological polar surface area (TPSA) is 59.4 Å². The van der Waals surface area contributed by atoms with Crippen LogP contribution in [0.5, 0.6) is 0 Å². The number of aromatic amines is 1. The van der Waals surface area contributed by atoms with Crippen LogP contribution < -0.4 is 0 Å². The van der Waals surface area contributed by atoms with Crippen molar-refractivity contribution in [2.75, 3.05) is 0 Å². The third-order valence-corrected chi connectivity index (χ3v) is 1.67. The van der Waals surface area contributed by atoms with Crippen molar-refractivity contribution >= 4 is 12.2 Å². The molecular formula is C6H5N5S. The average molecular weight is 179 g/mol. The van der Waals surface area contributed by atoms with E-state index in [1.165, 1.54) is 6.33 Å². The number of hydrogen-bond donors (Lipinski definition) is 1. The molecule has 0 atom stereocenters. The minimum atomic E-state index is 0.532. The first-order chi connectivity index (χ1) is 5.88. The van der Waals surface area contributed by atoms with Gasteiger partial charge in [0.2, 0.25) is 0 Å². The van der Waals surface area contributed by atoms with E-state index in [2.05, 4.69) is 20.2 Å². The molecule has 0 fully saturated rings. The van der Waals surface area contributed by atoms with E-state index in [-0.39, 0.29) is 0 Å². The summed E-state index contributed by atoms with van der Waals surface area (Å²) in [6.07, 6.45) is 6.38. The van der Waals surface area contributed by atoms with E-state index in [1.807, 2.05) is 0 Å². The fraction of sp³-hybridized carbons (Fsp3) is 0. The van der Waals surface area contributed by atoms with Crippen molar-refractivity contribution in [3.8, 4) is 5.69 Å². The van der Waals surface area contributed by atoms with Crippen LogP contribution in [-0.4, -0.2) is 24.7 Å². The second kappa shape index (κ2) is 2.82. The van der Waals surface area contributed by atoms with Crippen molar-refractivity contribution in [1.82, 2.24) is 24.7 Å². The quantitative estimate of drug-likeness (QED) is 0.655. The lowest BCUT2D eigenvalue weighted by atomic mass is 10.5. The van der Waals surface area contributed by atoms with Gasteiger partial charge in [0.1, 0.15) is 12.7 Å². The first-order valence-electron chi connectivity index (χ1n) is 3.25. The summed E-state index contributed by atoms with van der Waals surface area (Å²) in [5.74, 6) is 0. The first kappa shape index (κ1) is 7.11. The Morgan fingerprint density at radius 1 is 1.33 bits per heavy atom. The highest BCUT2D eigenvalue weighted by atomic mass is 32.1. The van der Waals surface area contributed by atoms with Crippen molar-refractivity contribution in [3.05, 3.63) is 29.8 Å². The molecule has 0 spiro atoms. The number of nitrogens with one attached hydrogen (secondary N) is 1. The van der Waals surface area contributed by atoms with E-state index in [4.69, 9.17) is 12.2 Å². The van der Waals surface area contributed by atoms with Gasteiger partial charge in [0.05, 0.1) is 18.1 Å². The summed E-state index contributed by atoms with van der Waals surface area (Å²) >= 11 is 4.96. The molecule has 0 bridgehead atoms. The molecule has 0 aliphatic carbocycles. The van der Waals surface area contributed by atoms with Gasteiger partial charge in [0.25, 0.3) is 0 Å². The summed E-state index contributed by atoms with van der Waals surface area (Å²) in [6.45, 7) is 0. The van der Waals surface area contributed by atoms with Crippen LogP contribution in [0.3, 0.4) is 0 Å². The summed E-state index contributed by atoms with van der Waals surface area (Å²) in [5, 5.41) is 6.42. The van der Waals surface area contributed by atoms with Crippen LogP contribution in [0.15, 0.2) is 25.0 Å². The molecule has 0 saturated heterocycles. The highest BCUT2D eigenvalue weighted by molar-refractivity contribution is 7.71. The summed E-state index contributed by atoms with van der Waals surface area (Å²) in [4.78, 5) is 7.72. The monoisotopic (exact) mass is 179 g/mol. The van der Waals surface area contributed by atoms with Crippen LogP contribution in [0.1, 0.15) is 0 Å². The van der Waals surface area contributed by atoms with Gasteiger partial charge in [-0.25, -0.2) is 9.97 Å². The van der Waals surface area contributed by atoms with Gasteiger partial charge in [0.15, 0.2) is 4.77 Å². The molecule has 1 N–H and O–H groups in total. The fourth-order valence-electron chi connectivity index (χ4n) is 0.848. The number of aromatic nitrogens is 5. The Hall–Kier alpha value is -1.56. The average Bonchev–Trinajstić information content (AvgIpc) is 2.53. The van der Waals surface area contributed by atoms with Crippen molar-refractivity contribution in [2.24, 2.45) is 0 Å². The van der Waals surface area contributed by atoms with Crippen molar-refractivity contribution in [3.63, 3.8) is 0 Å². The Morgan fingerprint density at radius 2 is 2.08 bits per heavy atom. The number of hydrogen-bond acceptors (Lipinski definition) is 4. The van der Waals surface area contributed by atoms with E-state index >= 15 is 0 Å². The molecule has 2 heterocycles. The van der Waals surface area contributed by atoms with E-state index in [0.717, 1.165) is 5.69 Å². The molecule has 0 aliphatic rings. The van der Waals surface area contributed by atoms with Crippen LogP contribution in [-0.2, 0) is 0 Å². The van der Waals surface area contributed by atoms with Crippen LogP contribution in [0, 0.1) is 4.77 Å². The standard InChI is InChI=1S/C6H5N5S/c12-6-10-9-4-11(6)5-1-7-3-8-2-5/h1-4H,(H,10,12). The van der Waals surface area contributed by atoms with Crippen LogP contribution in [0.25, 0.3) is 5.69 Å². The smallest absolute Gasteiger partial charge is 0.199 e. The van der Waals surface area contributed by atoms with E-state index in [0.29, 0.717) is 4.77 Å². The number of nitrogens with zero attached hydrogens (tertiary/aromatic N) is 4.